The number of aryl methyl sites for hydroxylation is 1. The quantitative estimate of drug-likeness (QED) is 0.790. The molecule has 3 aromatic rings. The second kappa shape index (κ2) is 6.16. The van der Waals surface area contributed by atoms with E-state index in [4.69, 9.17) is 0 Å². The summed E-state index contributed by atoms with van der Waals surface area (Å²) in [6.45, 7) is 0.874. The van der Waals surface area contributed by atoms with E-state index in [1.807, 2.05) is 29.2 Å². The molecule has 3 heterocycles. The van der Waals surface area contributed by atoms with Crippen molar-refractivity contribution in [2.75, 3.05) is 6.54 Å². The monoisotopic (exact) mass is 325 g/mol. The van der Waals surface area contributed by atoms with Crippen molar-refractivity contribution < 1.29 is 4.79 Å². The van der Waals surface area contributed by atoms with E-state index in [1.54, 1.807) is 11.3 Å². The summed E-state index contributed by atoms with van der Waals surface area (Å²) in [5, 5.41) is 4.25. The van der Waals surface area contributed by atoms with Gasteiger partial charge in [0.05, 0.1) is 17.1 Å². The van der Waals surface area contributed by atoms with Crippen molar-refractivity contribution in [1.29, 1.82) is 0 Å². The van der Waals surface area contributed by atoms with Crippen molar-refractivity contribution in [3.8, 4) is 0 Å². The van der Waals surface area contributed by atoms with Crippen LogP contribution in [0.4, 0.5) is 0 Å². The molecule has 1 unspecified atom stereocenters. The Balaban J connectivity index is 1.43. The first kappa shape index (κ1) is 14.5. The van der Waals surface area contributed by atoms with Crippen LogP contribution in [0.15, 0.2) is 41.1 Å². The maximum absolute atomic E-state index is 12.6. The summed E-state index contributed by atoms with van der Waals surface area (Å²) in [5.74, 6) is 1.13. The fourth-order valence-electron chi connectivity index (χ4n) is 3.37. The van der Waals surface area contributed by atoms with Crippen molar-refractivity contribution >= 4 is 28.3 Å². The summed E-state index contributed by atoms with van der Waals surface area (Å²) in [6, 6.07) is 10.4. The van der Waals surface area contributed by atoms with Crippen molar-refractivity contribution in [3.63, 3.8) is 0 Å². The number of amides is 1. The van der Waals surface area contributed by atoms with Gasteiger partial charge in [0.25, 0.3) is 0 Å². The number of hydrogen-bond donors (Lipinski definition) is 1. The Morgan fingerprint density at radius 2 is 2.26 bits per heavy atom. The molecule has 1 aliphatic heterocycles. The van der Waals surface area contributed by atoms with Crippen molar-refractivity contribution in [1.82, 2.24) is 14.9 Å². The molecule has 1 amide bonds. The van der Waals surface area contributed by atoms with Gasteiger partial charge in [0, 0.05) is 19.4 Å². The van der Waals surface area contributed by atoms with Gasteiger partial charge in [0.15, 0.2) is 0 Å². The van der Waals surface area contributed by atoms with Gasteiger partial charge in [0.1, 0.15) is 5.82 Å². The van der Waals surface area contributed by atoms with Gasteiger partial charge in [0.2, 0.25) is 5.91 Å². The molecule has 0 spiro atoms. The standard InChI is InChI=1S/C18H19N3OS/c22-18(21-10-3-6-16(21)13-9-11-23-12-13)8-7-17-19-14-4-1-2-5-15(14)20-17/h1-2,4-5,9,11-12,16H,3,6-8,10H2,(H,19,20). The Kier molecular flexibility index (Phi) is 3.87. The molecule has 0 radical (unpaired) electrons. The number of hydrogen-bond acceptors (Lipinski definition) is 3. The van der Waals surface area contributed by atoms with Crippen LogP contribution in [0.3, 0.4) is 0 Å². The minimum absolute atomic E-state index is 0.235. The molecule has 5 heteroatoms. The van der Waals surface area contributed by atoms with Crippen molar-refractivity contribution in [2.45, 2.75) is 31.7 Å². The number of nitrogens with one attached hydrogen (secondary N) is 1. The number of para-hydroxylation sites is 2. The number of aromatic nitrogens is 2. The zero-order chi connectivity index (χ0) is 15.6. The number of fused-ring (bicyclic) bond motifs is 1. The number of carbonyl (C=O) groups excluding carboxylic acids is 1. The molecule has 1 atom stereocenters. The van der Waals surface area contributed by atoms with Crippen LogP contribution in [-0.4, -0.2) is 27.3 Å². The summed E-state index contributed by atoms with van der Waals surface area (Å²) in [4.78, 5) is 22.5. The van der Waals surface area contributed by atoms with Gasteiger partial charge in [-0.15, -0.1) is 0 Å². The number of carbonyl (C=O) groups is 1. The normalized spacial score (nSPS) is 17.9. The molecule has 23 heavy (non-hydrogen) atoms. The summed E-state index contributed by atoms with van der Waals surface area (Å²) in [6.07, 6.45) is 3.35. The summed E-state index contributed by atoms with van der Waals surface area (Å²) in [7, 11) is 0. The van der Waals surface area contributed by atoms with E-state index in [2.05, 4.69) is 26.8 Å². The molecule has 118 valence electrons. The molecule has 1 aromatic carbocycles. The predicted molar refractivity (Wildman–Crippen MR) is 92.4 cm³/mol. The molecule has 0 aliphatic carbocycles. The Morgan fingerprint density at radius 1 is 1.35 bits per heavy atom. The molecule has 4 rings (SSSR count). The lowest BCUT2D eigenvalue weighted by molar-refractivity contribution is -0.132. The maximum atomic E-state index is 12.6. The van der Waals surface area contributed by atoms with E-state index in [0.29, 0.717) is 12.8 Å². The Labute approximate surface area is 139 Å². The Hall–Kier alpha value is -2.14. The van der Waals surface area contributed by atoms with Gasteiger partial charge in [-0.25, -0.2) is 4.98 Å². The van der Waals surface area contributed by atoms with E-state index < -0.39 is 0 Å². The summed E-state index contributed by atoms with van der Waals surface area (Å²) >= 11 is 1.70. The minimum Gasteiger partial charge on any atom is -0.342 e. The average molecular weight is 325 g/mol. The average Bonchev–Trinajstić information content (AvgIpc) is 3.31. The third kappa shape index (κ3) is 2.88. The lowest BCUT2D eigenvalue weighted by Crippen LogP contribution is -2.30. The van der Waals surface area contributed by atoms with E-state index >= 15 is 0 Å². The largest absolute Gasteiger partial charge is 0.342 e. The highest BCUT2D eigenvalue weighted by Crippen LogP contribution is 2.33. The highest BCUT2D eigenvalue weighted by Gasteiger charge is 2.29. The Morgan fingerprint density at radius 3 is 3.09 bits per heavy atom. The molecular weight excluding hydrogens is 306 g/mol. The number of thiophene rings is 1. The zero-order valence-electron chi connectivity index (χ0n) is 12.9. The highest BCUT2D eigenvalue weighted by atomic mass is 32.1. The first-order valence-corrected chi connectivity index (χ1v) is 9.01. The van der Waals surface area contributed by atoms with E-state index in [-0.39, 0.29) is 11.9 Å². The van der Waals surface area contributed by atoms with Crippen LogP contribution in [0.2, 0.25) is 0 Å². The van der Waals surface area contributed by atoms with Crippen LogP contribution >= 0.6 is 11.3 Å². The summed E-state index contributed by atoms with van der Waals surface area (Å²) in [5.41, 5.74) is 3.28. The number of aromatic amines is 1. The number of imidazole rings is 1. The fraction of sp³-hybridized carbons (Fsp3) is 0.333. The molecule has 0 saturated carbocycles. The first-order chi connectivity index (χ1) is 11.3. The highest BCUT2D eigenvalue weighted by molar-refractivity contribution is 7.07. The molecule has 0 bridgehead atoms. The second-order valence-electron chi connectivity index (χ2n) is 6.00. The maximum Gasteiger partial charge on any atom is 0.223 e. The van der Waals surface area contributed by atoms with Gasteiger partial charge < -0.3 is 9.88 Å². The van der Waals surface area contributed by atoms with Crippen LogP contribution in [0.5, 0.6) is 0 Å². The molecule has 4 nitrogen and oxygen atoms in total. The van der Waals surface area contributed by atoms with Crippen molar-refractivity contribution in [3.05, 3.63) is 52.5 Å². The lowest BCUT2D eigenvalue weighted by atomic mass is 10.1. The van der Waals surface area contributed by atoms with E-state index in [1.165, 1.54) is 5.56 Å². The SMILES string of the molecule is O=C(CCc1nc2ccccc2[nH]1)N1CCCC1c1ccsc1. The van der Waals surface area contributed by atoms with Gasteiger partial charge in [-0.05, 0) is 47.4 Å². The Bertz CT molecular complexity index is 776. The van der Waals surface area contributed by atoms with Crippen LogP contribution in [-0.2, 0) is 11.2 Å². The van der Waals surface area contributed by atoms with Gasteiger partial charge >= 0.3 is 0 Å². The smallest absolute Gasteiger partial charge is 0.223 e. The topological polar surface area (TPSA) is 49.0 Å². The third-order valence-electron chi connectivity index (χ3n) is 4.52. The molecule has 2 aromatic heterocycles. The number of nitrogens with zero attached hydrogens (tertiary/aromatic N) is 2. The molecule has 1 saturated heterocycles. The number of H-pyrrole nitrogens is 1. The second-order valence-corrected chi connectivity index (χ2v) is 6.78. The molecule has 1 N–H and O–H groups in total. The summed E-state index contributed by atoms with van der Waals surface area (Å²) < 4.78 is 0. The van der Waals surface area contributed by atoms with Crippen LogP contribution in [0.25, 0.3) is 11.0 Å². The third-order valence-corrected chi connectivity index (χ3v) is 5.22. The van der Waals surface area contributed by atoms with Gasteiger partial charge in [-0.2, -0.15) is 11.3 Å². The fourth-order valence-corrected chi connectivity index (χ4v) is 4.08. The first-order valence-electron chi connectivity index (χ1n) is 8.06. The van der Waals surface area contributed by atoms with Crippen LogP contribution in [0, 0.1) is 0 Å². The van der Waals surface area contributed by atoms with E-state index in [0.717, 1.165) is 36.2 Å². The predicted octanol–water partition coefficient (Wildman–Crippen LogP) is 3.92. The van der Waals surface area contributed by atoms with Crippen molar-refractivity contribution in [2.24, 2.45) is 0 Å². The molecule has 1 fully saturated rings. The van der Waals surface area contributed by atoms with Gasteiger partial charge in [-0.3, -0.25) is 4.79 Å². The lowest BCUT2D eigenvalue weighted by Gasteiger charge is -2.24. The van der Waals surface area contributed by atoms with Gasteiger partial charge in [-0.1, -0.05) is 12.1 Å². The minimum atomic E-state index is 0.235. The zero-order valence-corrected chi connectivity index (χ0v) is 13.7. The van der Waals surface area contributed by atoms with Crippen LogP contribution in [0.1, 0.15) is 36.7 Å². The molecule has 1 aliphatic rings. The number of rotatable bonds is 4. The number of benzene rings is 1. The molecular formula is C18H19N3OS. The van der Waals surface area contributed by atoms with Crippen LogP contribution < -0.4 is 0 Å². The number of likely N-dealkylation sites (tertiary alicyclic amines) is 1. The van der Waals surface area contributed by atoms with E-state index in [9.17, 15) is 4.79 Å².